The van der Waals surface area contributed by atoms with Gasteiger partial charge in [0, 0.05) is 0 Å². The Morgan fingerprint density at radius 2 is 1.32 bits per heavy atom. The Bertz CT molecular complexity index is 1210. The molecule has 3 aliphatic carbocycles. The van der Waals surface area contributed by atoms with Crippen LogP contribution in [0.25, 0.3) is 11.1 Å². The third-order valence-corrected chi connectivity index (χ3v) is 9.90. The smallest absolute Gasteiger partial charge is 0.119 e. The molecule has 3 aromatic rings. The van der Waals surface area contributed by atoms with E-state index >= 15 is 0 Å². The Labute approximate surface area is 271 Å². The zero-order valence-corrected chi connectivity index (χ0v) is 29.3. The van der Waals surface area contributed by atoms with Crippen LogP contribution in [0.4, 0.5) is 0 Å². The predicted octanol–water partition coefficient (Wildman–Crippen LogP) is 12.9. The molecule has 3 aliphatic rings. The molecule has 0 aromatic heterocycles. The Balaban J connectivity index is 0.000000194. The summed E-state index contributed by atoms with van der Waals surface area (Å²) >= 11 is 0. The van der Waals surface area contributed by atoms with Gasteiger partial charge in [0.2, 0.25) is 0 Å². The van der Waals surface area contributed by atoms with E-state index in [1.165, 1.54) is 111 Å². The van der Waals surface area contributed by atoms with Gasteiger partial charge in [0.25, 0.3) is 0 Å². The molecule has 3 aromatic carbocycles. The minimum absolute atomic E-state index is 0.437. The summed E-state index contributed by atoms with van der Waals surface area (Å²) in [4.78, 5) is 0. The third-order valence-electron chi connectivity index (χ3n) is 9.90. The van der Waals surface area contributed by atoms with Crippen LogP contribution in [0.2, 0.25) is 0 Å². The lowest BCUT2D eigenvalue weighted by Crippen LogP contribution is -2.14. The largest absolute Gasteiger partial charge is 0.508 e. The second kappa shape index (κ2) is 19.8. The highest BCUT2D eigenvalue weighted by Crippen LogP contribution is 2.38. The summed E-state index contributed by atoms with van der Waals surface area (Å²) < 4.78 is 0. The average molecular weight is 597 g/mol. The van der Waals surface area contributed by atoms with Crippen LogP contribution in [-0.2, 0) is 25.7 Å². The summed E-state index contributed by atoms with van der Waals surface area (Å²) in [7, 11) is 0. The van der Waals surface area contributed by atoms with E-state index in [1.807, 2.05) is 19.1 Å². The minimum atomic E-state index is 0.437. The number of phenolic OH excluding ortho intramolecular Hbond substituents is 1. The first-order chi connectivity index (χ1) is 21.4. The van der Waals surface area contributed by atoms with Crippen molar-refractivity contribution < 1.29 is 5.11 Å². The number of benzene rings is 3. The van der Waals surface area contributed by atoms with E-state index in [-0.39, 0.29) is 0 Å². The van der Waals surface area contributed by atoms with Crippen molar-refractivity contribution in [2.24, 2.45) is 17.8 Å². The molecule has 1 heteroatoms. The van der Waals surface area contributed by atoms with Gasteiger partial charge >= 0.3 is 0 Å². The maximum absolute atomic E-state index is 9.42. The van der Waals surface area contributed by atoms with Crippen LogP contribution in [0.3, 0.4) is 0 Å². The molecule has 0 unspecified atom stereocenters. The normalized spacial score (nSPS) is 18.5. The van der Waals surface area contributed by atoms with Gasteiger partial charge in [-0.05, 0) is 101 Å². The molecule has 0 bridgehead atoms. The molecule has 6 rings (SSSR count). The van der Waals surface area contributed by atoms with Gasteiger partial charge in [-0.3, -0.25) is 0 Å². The molecular weight excluding hydrogens is 532 g/mol. The first kappa shape index (κ1) is 35.9. The van der Waals surface area contributed by atoms with Crippen LogP contribution in [0.5, 0.6) is 5.75 Å². The number of unbranched alkanes of at least 4 members (excludes halogenated alkanes) is 1. The lowest BCUT2D eigenvalue weighted by atomic mass is 9.80. The number of aromatic hydroxyl groups is 1. The van der Waals surface area contributed by atoms with Crippen molar-refractivity contribution in [3.8, 4) is 16.9 Å². The zero-order chi connectivity index (χ0) is 31.7. The Kier molecular flexibility index (Phi) is 16.1. The van der Waals surface area contributed by atoms with Gasteiger partial charge in [-0.25, -0.2) is 0 Å². The molecule has 0 saturated heterocycles. The van der Waals surface area contributed by atoms with E-state index < -0.39 is 0 Å². The monoisotopic (exact) mass is 596 g/mol. The van der Waals surface area contributed by atoms with Crippen molar-refractivity contribution in [1.29, 1.82) is 0 Å². The van der Waals surface area contributed by atoms with Gasteiger partial charge in [-0.1, -0.05) is 160 Å². The highest BCUT2D eigenvalue weighted by molar-refractivity contribution is 5.77. The molecule has 0 radical (unpaired) electrons. The fraction of sp³-hybridized carbons (Fsp3) is 0.581. The summed E-state index contributed by atoms with van der Waals surface area (Å²) in [5, 5.41) is 9.42. The van der Waals surface area contributed by atoms with Crippen molar-refractivity contribution in [3.63, 3.8) is 0 Å². The molecule has 2 saturated carbocycles. The van der Waals surface area contributed by atoms with E-state index in [2.05, 4.69) is 83.1 Å². The topological polar surface area (TPSA) is 20.2 Å². The van der Waals surface area contributed by atoms with Crippen LogP contribution in [-0.4, -0.2) is 5.11 Å². The summed E-state index contributed by atoms with van der Waals surface area (Å²) in [5.74, 6) is 3.42. The molecular formula is C43H64O. The zero-order valence-electron chi connectivity index (χ0n) is 29.3. The van der Waals surface area contributed by atoms with Crippen molar-refractivity contribution in [1.82, 2.24) is 0 Å². The van der Waals surface area contributed by atoms with E-state index in [0.29, 0.717) is 5.75 Å². The van der Waals surface area contributed by atoms with Crippen molar-refractivity contribution >= 4 is 0 Å². The first-order valence-corrected chi connectivity index (χ1v) is 18.4. The average Bonchev–Trinajstić information content (AvgIpc) is 3.70. The summed E-state index contributed by atoms with van der Waals surface area (Å²) in [6, 6.07) is 22.0. The van der Waals surface area contributed by atoms with Crippen LogP contribution < -0.4 is 0 Å². The number of phenols is 1. The second-order valence-corrected chi connectivity index (χ2v) is 13.8. The van der Waals surface area contributed by atoms with Gasteiger partial charge in [-0.15, -0.1) is 0 Å². The molecule has 0 spiro atoms. The van der Waals surface area contributed by atoms with Gasteiger partial charge in [0.15, 0.2) is 0 Å². The fourth-order valence-corrected chi connectivity index (χ4v) is 7.08. The molecule has 2 fully saturated rings. The number of fused-ring (bicyclic) bond motifs is 3. The maximum atomic E-state index is 9.42. The number of hydrogen-bond acceptors (Lipinski definition) is 1. The summed E-state index contributed by atoms with van der Waals surface area (Å²) in [6.45, 7) is 13.1. The second-order valence-electron chi connectivity index (χ2n) is 13.8. The van der Waals surface area contributed by atoms with E-state index in [9.17, 15) is 5.11 Å². The van der Waals surface area contributed by atoms with Crippen molar-refractivity contribution in [2.45, 2.75) is 144 Å². The van der Waals surface area contributed by atoms with Crippen molar-refractivity contribution in [3.05, 3.63) is 88.5 Å². The van der Waals surface area contributed by atoms with Crippen LogP contribution >= 0.6 is 0 Å². The molecule has 242 valence electrons. The Morgan fingerprint density at radius 3 is 1.95 bits per heavy atom. The highest BCUT2D eigenvalue weighted by atomic mass is 16.3. The lowest BCUT2D eigenvalue weighted by Gasteiger charge is -2.26. The standard InChI is InChI=1S/C21H24.C10H14O.C9H18.C3H8/c1-15-6-8-16(9-7-15)12-17-10-11-19-14-18-4-2-3-5-20(18)21(19)13-17;1-3-8-5-6-9(4-2)10(11)7-8;1-2-3-6-9-7-4-5-8-9;1-3-2/h2-5,10-11,13,15-16H,6-9,12,14H2,1H3;5-7,11H,3-4H2,1-2H3;9H,2-8H2,1H3;3H2,1-2H3. The van der Waals surface area contributed by atoms with Crippen LogP contribution in [0.15, 0.2) is 60.7 Å². The number of hydrogen-bond donors (Lipinski definition) is 1. The quantitative estimate of drug-likeness (QED) is 0.225. The van der Waals surface area contributed by atoms with E-state index in [4.69, 9.17) is 0 Å². The molecule has 1 nitrogen and oxygen atoms in total. The van der Waals surface area contributed by atoms with Crippen molar-refractivity contribution in [2.75, 3.05) is 0 Å². The molecule has 0 atom stereocenters. The number of aryl methyl sites for hydroxylation is 2. The molecule has 0 aliphatic heterocycles. The molecule has 1 N–H and O–H groups in total. The minimum Gasteiger partial charge on any atom is -0.508 e. The van der Waals surface area contributed by atoms with E-state index in [1.54, 1.807) is 5.56 Å². The van der Waals surface area contributed by atoms with E-state index in [0.717, 1.165) is 42.6 Å². The maximum Gasteiger partial charge on any atom is 0.119 e. The molecule has 44 heavy (non-hydrogen) atoms. The van der Waals surface area contributed by atoms with Crippen LogP contribution in [0, 0.1) is 17.8 Å². The molecule has 0 amide bonds. The number of rotatable bonds is 7. The molecule has 0 heterocycles. The third kappa shape index (κ3) is 11.4. The van der Waals surface area contributed by atoms with Gasteiger partial charge in [-0.2, -0.15) is 0 Å². The van der Waals surface area contributed by atoms with Gasteiger partial charge < -0.3 is 5.11 Å². The predicted molar refractivity (Wildman–Crippen MR) is 194 cm³/mol. The first-order valence-electron chi connectivity index (χ1n) is 18.4. The Morgan fingerprint density at radius 1 is 0.659 bits per heavy atom. The highest BCUT2D eigenvalue weighted by Gasteiger charge is 2.21. The summed E-state index contributed by atoms with van der Waals surface area (Å²) in [5.41, 5.74) is 9.74. The fourth-order valence-electron chi connectivity index (χ4n) is 7.08. The van der Waals surface area contributed by atoms with Crippen LogP contribution in [0.1, 0.15) is 146 Å². The van der Waals surface area contributed by atoms with Gasteiger partial charge in [0.05, 0.1) is 0 Å². The summed E-state index contributed by atoms with van der Waals surface area (Å²) in [6.07, 6.45) is 21.7. The lowest BCUT2D eigenvalue weighted by molar-refractivity contribution is 0.289. The Hall–Kier alpha value is -2.54. The van der Waals surface area contributed by atoms with Gasteiger partial charge in [0.1, 0.15) is 5.75 Å². The SMILES string of the molecule is CC1CCC(Cc2ccc3c(c2)-c2ccccc2C3)CC1.CCC.CCCCC1CCCC1.CCc1ccc(CC)c(O)c1.